The molecule has 0 aliphatic carbocycles. The number of benzene rings is 2. The lowest BCUT2D eigenvalue weighted by atomic mass is 10.1. The van der Waals surface area contributed by atoms with E-state index < -0.39 is 5.91 Å². The second kappa shape index (κ2) is 8.41. The van der Waals surface area contributed by atoms with E-state index in [4.69, 9.17) is 21.1 Å². The molecule has 0 aliphatic rings. The number of carbonyl (C=O) groups is 1. The average molecular weight is 371 g/mol. The van der Waals surface area contributed by atoms with Crippen molar-refractivity contribution >= 4 is 29.3 Å². The van der Waals surface area contributed by atoms with Gasteiger partial charge in [-0.1, -0.05) is 23.7 Å². The maximum Gasteiger partial charge on any atom is 0.266 e. The first-order valence-electron chi connectivity index (χ1n) is 7.82. The Morgan fingerprint density at radius 2 is 1.96 bits per heavy atom. The van der Waals surface area contributed by atoms with Crippen molar-refractivity contribution in [3.63, 3.8) is 0 Å². The first kappa shape index (κ1) is 19.4. The first-order valence-corrected chi connectivity index (χ1v) is 8.20. The summed E-state index contributed by atoms with van der Waals surface area (Å²) < 4.78 is 10.4. The van der Waals surface area contributed by atoms with Crippen molar-refractivity contribution in [2.75, 3.05) is 19.5 Å². The maximum atomic E-state index is 12.5. The quantitative estimate of drug-likeness (QED) is 0.620. The molecular formula is C20H19ClN2O3. The minimum Gasteiger partial charge on any atom is -0.493 e. The molecule has 1 N–H and O–H groups in total. The van der Waals surface area contributed by atoms with Crippen LogP contribution < -0.4 is 14.8 Å². The van der Waals surface area contributed by atoms with Gasteiger partial charge in [0.1, 0.15) is 11.6 Å². The molecule has 5 nitrogen and oxygen atoms in total. The smallest absolute Gasteiger partial charge is 0.266 e. The lowest BCUT2D eigenvalue weighted by molar-refractivity contribution is -0.112. The molecule has 2 aromatic rings. The normalized spacial score (nSPS) is 10.8. The summed E-state index contributed by atoms with van der Waals surface area (Å²) in [6.07, 6.45) is 1.45. The first-order chi connectivity index (χ1) is 12.4. The molecule has 0 heterocycles. The second-order valence-corrected chi connectivity index (χ2v) is 6.02. The number of nitrogens with one attached hydrogen (secondary N) is 1. The Bertz CT molecular complexity index is 914. The number of nitriles is 1. The molecule has 0 saturated carbocycles. The Morgan fingerprint density at radius 3 is 2.58 bits per heavy atom. The van der Waals surface area contributed by atoms with Gasteiger partial charge in [-0.05, 0) is 54.8 Å². The van der Waals surface area contributed by atoms with Crippen LogP contribution >= 0.6 is 11.6 Å². The topological polar surface area (TPSA) is 71.3 Å². The second-order valence-electron chi connectivity index (χ2n) is 5.61. The van der Waals surface area contributed by atoms with Gasteiger partial charge in [0.15, 0.2) is 11.5 Å². The van der Waals surface area contributed by atoms with Crippen LogP contribution in [0, 0.1) is 25.2 Å². The standard InChI is InChI=1S/C20H19ClN2O3/c1-12-6-5-7-17(13(12)2)23-20(24)15(11-22)8-14-9-16(21)19(26-4)18(10-14)25-3/h5-10H,1-4H3,(H,23,24)/b15-8+. The number of carbonyl (C=O) groups excluding carboxylic acids is 1. The minimum atomic E-state index is -0.493. The highest BCUT2D eigenvalue weighted by Crippen LogP contribution is 2.36. The molecular weight excluding hydrogens is 352 g/mol. The molecule has 2 rings (SSSR count). The van der Waals surface area contributed by atoms with Crippen LogP contribution in [0.2, 0.25) is 5.02 Å². The molecule has 0 atom stereocenters. The fourth-order valence-corrected chi connectivity index (χ4v) is 2.71. The van der Waals surface area contributed by atoms with Crippen LogP contribution in [0.4, 0.5) is 5.69 Å². The van der Waals surface area contributed by atoms with E-state index in [0.717, 1.165) is 11.1 Å². The lowest BCUT2D eigenvalue weighted by Gasteiger charge is -2.11. The number of rotatable bonds is 5. The summed E-state index contributed by atoms with van der Waals surface area (Å²) >= 11 is 6.17. The van der Waals surface area contributed by atoms with Crippen LogP contribution in [-0.2, 0) is 4.79 Å². The summed E-state index contributed by atoms with van der Waals surface area (Å²) in [6, 6.07) is 10.8. The third-order valence-corrected chi connectivity index (χ3v) is 4.27. The van der Waals surface area contributed by atoms with E-state index in [1.807, 2.05) is 32.0 Å². The number of methoxy groups -OCH3 is 2. The Morgan fingerprint density at radius 1 is 1.23 bits per heavy atom. The van der Waals surface area contributed by atoms with Gasteiger partial charge in [0.05, 0.1) is 19.2 Å². The number of aryl methyl sites for hydroxylation is 1. The lowest BCUT2D eigenvalue weighted by Crippen LogP contribution is -2.14. The molecule has 0 aliphatic heterocycles. The molecule has 0 saturated heterocycles. The summed E-state index contributed by atoms with van der Waals surface area (Å²) in [4.78, 5) is 12.5. The van der Waals surface area contributed by atoms with E-state index in [1.54, 1.807) is 18.2 Å². The average Bonchev–Trinajstić information content (AvgIpc) is 2.62. The summed E-state index contributed by atoms with van der Waals surface area (Å²) in [5.41, 5.74) is 3.18. The number of ether oxygens (including phenoxy) is 2. The number of hydrogen-bond donors (Lipinski definition) is 1. The third kappa shape index (κ3) is 4.16. The Labute approximate surface area is 157 Å². The summed E-state index contributed by atoms with van der Waals surface area (Å²) in [5.74, 6) is 0.315. The number of halogens is 1. The summed E-state index contributed by atoms with van der Waals surface area (Å²) in [6.45, 7) is 3.87. The van der Waals surface area contributed by atoms with Crippen LogP contribution in [0.5, 0.6) is 11.5 Å². The molecule has 0 spiro atoms. The SMILES string of the molecule is COc1cc(/C=C(\C#N)C(=O)Nc2cccc(C)c2C)cc(Cl)c1OC. The molecule has 0 fully saturated rings. The molecule has 0 radical (unpaired) electrons. The van der Waals surface area contributed by atoms with Gasteiger partial charge < -0.3 is 14.8 Å². The molecule has 26 heavy (non-hydrogen) atoms. The van der Waals surface area contributed by atoms with Gasteiger partial charge in [0, 0.05) is 5.69 Å². The molecule has 1 amide bonds. The van der Waals surface area contributed by atoms with Crippen LogP contribution in [0.3, 0.4) is 0 Å². The van der Waals surface area contributed by atoms with E-state index >= 15 is 0 Å². The fraction of sp³-hybridized carbons (Fsp3) is 0.200. The van der Waals surface area contributed by atoms with Crippen molar-refractivity contribution in [2.24, 2.45) is 0 Å². The number of nitrogens with zero attached hydrogens (tertiary/aromatic N) is 1. The monoisotopic (exact) mass is 370 g/mol. The zero-order valence-corrected chi connectivity index (χ0v) is 15.8. The van der Waals surface area contributed by atoms with E-state index in [1.165, 1.54) is 20.3 Å². The maximum absolute atomic E-state index is 12.5. The van der Waals surface area contributed by atoms with Gasteiger partial charge in [-0.3, -0.25) is 4.79 Å². The highest BCUT2D eigenvalue weighted by atomic mass is 35.5. The summed E-state index contributed by atoms with van der Waals surface area (Å²) in [5, 5.41) is 12.5. The predicted octanol–water partition coefficient (Wildman–Crippen LogP) is 4.52. The van der Waals surface area contributed by atoms with Gasteiger partial charge >= 0.3 is 0 Å². The van der Waals surface area contributed by atoms with E-state index in [0.29, 0.717) is 27.8 Å². The molecule has 0 aromatic heterocycles. The van der Waals surface area contributed by atoms with Crippen molar-refractivity contribution < 1.29 is 14.3 Å². The molecule has 0 unspecified atom stereocenters. The minimum absolute atomic E-state index is 0.0470. The van der Waals surface area contributed by atoms with E-state index in [2.05, 4.69) is 5.32 Å². The predicted molar refractivity (Wildman–Crippen MR) is 103 cm³/mol. The number of amides is 1. The van der Waals surface area contributed by atoms with Gasteiger partial charge in [-0.25, -0.2) is 0 Å². The zero-order valence-electron chi connectivity index (χ0n) is 15.0. The Balaban J connectivity index is 2.36. The van der Waals surface area contributed by atoms with Crippen LogP contribution in [-0.4, -0.2) is 20.1 Å². The van der Waals surface area contributed by atoms with Crippen molar-refractivity contribution in [1.82, 2.24) is 0 Å². The van der Waals surface area contributed by atoms with Gasteiger partial charge in [-0.15, -0.1) is 0 Å². The third-order valence-electron chi connectivity index (χ3n) is 3.98. The van der Waals surface area contributed by atoms with Gasteiger partial charge in [-0.2, -0.15) is 5.26 Å². The zero-order chi connectivity index (χ0) is 19.3. The van der Waals surface area contributed by atoms with Crippen molar-refractivity contribution in [2.45, 2.75) is 13.8 Å². The molecule has 134 valence electrons. The Hall–Kier alpha value is -2.97. The van der Waals surface area contributed by atoms with Crippen LogP contribution in [0.25, 0.3) is 6.08 Å². The Kier molecular flexibility index (Phi) is 6.26. The molecule has 0 bridgehead atoms. The highest BCUT2D eigenvalue weighted by Gasteiger charge is 2.14. The van der Waals surface area contributed by atoms with E-state index in [-0.39, 0.29) is 5.57 Å². The van der Waals surface area contributed by atoms with E-state index in [9.17, 15) is 10.1 Å². The number of hydrogen-bond acceptors (Lipinski definition) is 4. The van der Waals surface area contributed by atoms with Gasteiger partial charge in [0.25, 0.3) is 5.91 Å². The number of anilines is 1. The van der Waals surface area contributed by atoms with Crippen molar-refractivity contribution in [1.29, 1.82) is 5.26 Å². The molecule has 6 heteroatoms. The van der Waals surface area contributed by atoms with Crippen molar-refractivity contribution in [3.05, 3.63) is 57.6 Å². The largest absolute Gasteiger partial charge is 0.493 e. The fourth-order valence-electron chi connectivity index (χ4n) is 2.41. The summed E-state index contributed by atoms with van der Waals surface area (Å²) in [7, 11) is 2.97. The van der Waals surface area contributed by atoms with Gasteiger partial charge in [0.2, 0.25) is 0 Å². The van der Waals surface area contributed by atoms with Crippen LogP contribution in [0.1, 0.15) is 16.7 Å². The molecule has 2 aromatic carbocycles. The van der Waals surface area contributed by atoms with Crippen molar-refractivity contribution in [3.8, 4) is 17.6 Å². The highest BCUT2D eigenvalue weighted by molar-refractivity contribution is 6.32. The van der Waals surface area contributed by atoms with Crippen LogP contribution in [0.15, 0.2) is 35.9 Å².